The predicted octanol–water partition coefficient (Wildman–Crippen LogP) is 0.119. The summed E-state index contributed by atoms with van der Waals surface area (Å²) in [7, 11) is 8.04. The first-order chi connectivity index (χ1) is 8.42. The van der Waals surface area contributed by atoms with E-state index in [1.165, 1.54) is 0 Å². The van der Waals surface area contributed by atoms with E-state index >= 15 is 0 Å². The average molecular weight is 249 g/mol. The van der Waals surface area contributed by atoms with Gasteiger partial charge in [-0.3, -0.25) is 0 Å². The third-order valence-corrected chi connectivity index (χ3v) is 1.86. The Morgan fingerprint density at radius 3 is 2.50 bits per heavy atom. The first-order valence-electron chi connectivity index (χ1n) is 5.42. The van der Waals surface area contributed by atoms with Crippen LogP contribution >= 0.6 is 0 Å². The second-order valence-corrected chi connectivity index (χ2v) is 4.58. The lowest BCUT2D eigenvalue weighted by molar-refractivity contribution is -0.862. The molecule has 1 rings (SSSR count). The normalized spacial score (nSPS) is 9.33. The fourth-order valence-corrected chi connectivity index (χ4v) is 1.08. The van der Waals surface area contributed by atoms with Crippen molar-refractivity contribution in [3.63, 3.8) is 0 Å². The zero-order chi connectivity index (χ0) is 14.0. The quantitative estimate of drug-likeness (QED) is 0.425. The topological polar surface area (TPSA) is 49.4 Å². The van der Waals surface area contributed by atoms with Gasteiger partial charge < -0.3 is 19.1 Å². The van der Waals surface area contributed by atoms with Crippen molar-refractivity contribution in [2.45, 2.75) is 0 Å². The smallest absolute Gasteiger partial charge is 0.140 e. The molecule has 4 heteroatoms. The molecule has 0 radical (unpaired) electrons. The lowest BCUT2D eigenvalue weighted by Crippen LogP contribution is -2.34. The Bertz CT molecular complexity index is 425. The van der Waals surface area contributed by atoms with Gasteiger partial charge in [-0.2, -0.15) is 0 Å². The maximum Gasteiger partial charge on any atom is 0.140 e. The second kappa shape index (κ2) is 8.15. The summed E-state index contributed by atoms with van der Waals surface area (Å²) < 4.78 is 5.99. The van der Waals surface area contributed by atoms with Gasteiger partial charge in [0, 0.05) is 12.0 Å². The van der Waals surface area contributed by atoms with Gasteiger partial charge in [0.25, 0.3) is 0 Å². The predicted molar refractivity (Wildman–Crippen MR) is 68.8 cm³/mol. The van der Waals surface area contributed by atoms with Crippen LogP contribution < -0.4 is 9.84 Å². The van der Waals surface area contributed by atoms with E-state index in [2.05, 4.69) is 33.0 Å². The number of carbonyl (C=O) groups excluding carboxylic acids is 1. The van der Waals surface area contributed by atoms with Crippen LogP contribution in [0.5, 0.6) is 5.75 Å². The first kappa shape index (κ1) is 16.0. The number of ether oxygens (including phenoxy) is 1. The Balaban J connectivity index is 0.000000873. The SMILES string of the molecule is COc1cccc(C#CC[N+](C)(C)C)c1.O=C[O-]. The van der Waals surface area contributed by atoms with Crippen molar-refractivity contribution in [2.75, 3.05) is 34.8 Å². The van der Waals surface area contributed by atoms with Crippen molar-refractivity contribution >= 4 is 6.47 Å². The Kier molecular flexibility index (Phi) is 7.25. The van der Waals surface area contributed by atoms with Crippen LogP contribution in [0.1, 0.15) is 5.56 Å². The third kappa shape index (κ3) is 8.20. The number of hydrogen-bond acceptors (Lipinski definition) is 3. The average Bonchev–Trinajstić information content (AvgIpc) is 2.29. The molecule has 0 N–H and O–H groups in total. The Labute approximate surface area is 108 Å². The van der Waals surface area contributed by atoms with Crippen molar-refractivity contribution < 1.29 is 19.1 Å². The summed E-state index contributed by atoms with van der Waals surface area (Å²) in [5.41, 5.74) is 1.00. The fraction of sp³-hybridized carbons (Fsp3) is 0.357. The number of benzene rings is 1. The molecule has 0 unspecified atom stereocenters. The van der Waals surface area contributed by atoms with Crippen LogP contribution in [0, 0.1) is 11.8 Å². The van der Waals surface area contributed by atoms with Gasteiger partial charge in [-0.1, -0.05) is 12.0 Å². The molecule has 0 spiro atoms. The van der Waals surface area contributed by atoms with Crippen LogP contribution in [0.25, 0.3) is 0 Å². The van der Waals surface area contributed by atoms with Crippen LogP contribution in [-0.4, -0.2) is 45.8 Å². The molecule has 0 aromatic heterocycles. The number of rotatable bonds is 2. The summed E-state index contributed by atoms with van der Waals surface area (Å²) >= 11 is 0. The second-order valence-electron chi connectivity index (χ2n) is 4.58. The van der Waals surface area contributed by atoms with Crippen molar-refractivity contribution in [3.05, 3.63) is 29.8 Å². The van der Waals surface area contributed by atoms with Gasteiger partial charge in [-0.05, 0) is 24.1 Å². The molecule has 4 nitrogen and oxygen atoms in total. The third-order valence-electron chi connectivity index (χ3n) is 1.86. The first-order valence-corrected chi connectivity index (χ1v) is 5.42. The summed E-state index contributed by atoms with van der Waals surface area (Å²) in [6.07, 6.45) is 0. The van der Waals surface area contributed by atoms with E-state index in [-0.39, 0.29) is 0 Å². The van der Waals surface area contributed by atoms with E-state index in [9.17, 15) is 0 Å². The van der Waals surface area contributed by atoms with Gasteiger partial charge in [-0.15, -0.1) is 0 Å². The Morgan fingerprint density at radius 1 is 1.39 bits per heavy atom. The maximum absolute atomic E-state index is 8.25. The minimum Gasteiger partial charge on any atom is -0.554 e. The van der Waals surface area contributed by atoms with Crippen molar-refractivity contribution in [3.8, 4) is 17.6 Å². The highest BCUT2D eigenvalue weighted by Crippen LogP contribution is 2.11. The highest BCUT2D eigenvalue weighted by Gasteiger charge is 2.01. The van der Waals surface area contributed by atoms with Crippen molar-refractivity contribution in [2.24, 2.45) is 0 Å². The summed E-state index contributed by atoms with van der Waals surface area (Å²) in [6.45, 7) is 0.344. The van der Waals surface area contributed by atoms with E-state index in [0.717, 1.165) is 22.3 Å². The van der Waals surface area contributed by atoms with Crippen LogP contribution in [0.2, 0.25) is 0 Å². The van der Waals surface area contributed by atoms with Crippen LogP contribution in [0.3, 0.4) is 0 Å². The molecule has 1 aromatic rings. The molecule has 0 bridgehead atoms. The Hall–Kier alpha value is -1.99. The lowest BCUT2D eigenvalue weighted by Gasteiger charge is -2.19. The van der Waals surface area contributed by atoms with Crippen LogP contribution in [-0.2, 0) is 4.79 Å². The van der Waals surface area contributed by atoms with Crippen LogP contribution in [0.4, 0.5) is 0 Å². The lowest BCUT2D eigenvalue weighted by atomic mass is 10.2. The van der Waals surface area contributed by atoms with Gasteiger partial charge in [-0.25, -0.2) is 0 Å². The molecule has 0 atom stereocenters. The van der Waals surface area contributed by atoms with Gasteiger partial charge in [0.2, 0.25) is 0 Å². The molecule has 0 fully saturated rings. The number of carbonyl (C=O) groups is 1. The number of methoxy groups -OCH3 is 1. The summed E-state index contributed by atoms with van der Waals surface area (Å²) in [5.74, 6) is 7.14. The highest BCUT2D eigenvalue weighted by molar-refractivity contribution is 5.39. The van der Waals surface area contributed by atoms with Crippen LogP contribution in [0.15, 0.2) is 24.3 Å². The minimum absolute atomic E-state index is 0.500. The monoisotopic (exact) mass is 249 g/mol. The number of carboxylic acid groups (broad SMARTS) is 1. The van der Waals surface area contributed by atoms with Gasteiger partial charge >= 0.3 is 0 Å². The van der Waals surface area contributed by atoms with E-state index in [0.29, 0.717) is 0 Å². The van der Waals surface area contributed by atoms with E-state index in [1.54, 1.807) is 7.11 Å². The summed E-state index contributed by atoms with van der Waals surface area (Å²) in [6, 6.07) is 7.81. The number of nitrogens with zero attached hydrogens (tertiary/aromatic N) is 1. The summed E-state index contributed by atoms with van der Waals surface area (Å²) in [4.78, 5) is 8.25. The largest absolute Gasteiger partial charge is 0.554 e. The zero-order valence-corrected chi connectivity index (χ0v) is 11.3. The summed E-state index contributed by atoms with van der Waals surface area (Å²) in [5, 5.41) is 8.25. The molecule has 98 valence electrons. The van der Waals surface area contributed by atoms with Gasteiger partial charge in [0.15, 0.2) is 0 Å². The standard InChI is InChI=1S/C13H18NO.CH2O2/c1-14(2,3)10-6-8-12-7-5-9-13(11-12)15-4;2-1-3/h5,7,9,11H,10H2,1-4H3;1H,(H,2,3)/q+1;/p-1. The molecule has 0 saturated heterocycles. The zero-order valence-electron chi connectivity index (χ0n) is 11.3. The molecule has 0 aliphatic rings. The molecule has 0 saturated carbocycles. The molecule has 0 heterocycles. The molecule has 1 aromatic carbocycles. The van der Waals surface area contributed by atoms with Crippen molar-refractivity contribution in [1.29, 1.82) is 0 Å². The molecule has 18 heavy (non-hydrogen) atoms. The number of hydrogen-bond donors (Lipinski definition) is 0. The van der Waals surface area contributed by atoms with E-state index in [4.69, 9.17) is 14.6 Å². The van der Waals surface area contributed by atoms with Gasteiger partial charge in [0.1, 0.15) is 12.3 Å². The molecular weight excluding hydrogens is 230 g/mol. The van der Waals surface area contributed by atoms with E-state index in [1.807, 2.05) is 24.3 Å². The Morgan fingerprint density at radius 2 is 2.00 bits per heavy atom. The highest BCUT2D eigenvalue weighted by atomic mass is 16.5. The number of quaternary nitrogens is 1. The van der Waals surface area contributed by atoms with E-state index < -0.39 is 6.47 Å². The van der Waals surface area contributed by atoms with Crippen molar-refractivity contribution in [1.82, 2.24) is 0 Å². The van der Waals surface area contributed by atoms with Gasteiger partial charge in [0.05, 0.1) is 28.3 Å². The molecule has 0 amide bonds. The minimum atomic E-state index is -0.500. The molecule has 0 aliphatic heterocycles. The maximum atomic E-state index is 8.25. The molecule has 0 aliphatic carbocycles. The molecular formula is C14H19NO3. The fourth-order valence-electron chi connectivity index (χ4n) is 1.08.